The standard InChI is InChI=1S/C22H29N3O4/c1-14(20(26)23-13-15-6-3-2-4-7-15)29-22(28)16-9-10-18-17(12-16)24-21(27)19-8-5-11-25(18)19/h9-10,12,14-15,19H,2-8,11,13H2,1H3,(H,23,26)(H,24,27)/t14-,19+/m1/s1. The summed E-state index contributed by atoms with van der Waals surface area (Å²) in [6, 6.07) is 5.06. The van der Waals surface area contributed by atoms with E-state index in [1.165, 1.54) is 19.3 Å². The Bertz CT molecular complexity index is 803. The van der Waals surface area contributed by atoms with Crippen molar-refractivity contribution in [3.8, 4) is 0 Å². The van der Waals surface area contributed by atoms with Crippen LogP contribution >= 0.6 is 0 Å². The van der Waals surface area contributed by atoms with E-state index in [0.29, 0.717) is 23.7 Å². The molecule has 1 aromatic rings. The molecule has 0 unspecified atom stereocenters. The maximum absolute atomic E-state index is 12.5. The number of carbonyl (C=O) groups is 3. The highest BCUT2D eigenvalue weighted by Crippen LogP contribution is 2.37. The van der Waals surface area contributed by atoms with Gasteiger partial charge in [-0.2, -0.15) is 0 Å². The van der Waals surface area contributed by atoms with E-state index in [9.17, 15) is 14.4 Å². The lowest BCUT2D eigenvalue weighted by Gasteiger charge is -2.33. The molecule has 1 saturated heterocycles. The second-order valence-electron chi connectivity index (χ2n) is 8.37. The Hall–Kier alpha value is -2.57. The van der Waals surface area contributed by atoms with Gasteiger partial charge in [0.05, 0.1) is 16.9 Å². The van der Waals surface area contributed by atoms with E-state index in [4.69, 9.17) is 4.74 Å². The second kappa shape index (κ2) is 8.43. The topological polar surface area (TPSA) is 87.7 Å². The number of esters is 1. The third-order valence-corrected chi connectivity index (χ3v) is 6.30. The molecule has 0 radical (unpaired) electrons. The van der Waals surface area contributed by atoms with Crippen LogP contribution in [0.15, 0.2) is 18.2 Å². The van der Waals surface area contributed by atoms with Crippen LogP contribution in [0.5, 0.6) is 0 Å². The number of anilines is 2. The summed E-state index contributed by atoms with van der Waals surface area (Å²) in [7, 11) is 0. The van der Waals surface area contributed by atoms with Crippen molar-refractivity contribution in [3.05, 3.63) is 23.8 Å². The highest BCUT2D eigenvalue weighted by molar-refractivity contribution is 6.05. The minimum Gasteiger partial charge on any atom is -0.449 e. The van der Waals surface area contributed by atoms with Crippen LogP contribution < -0.4 is 15.5 Å². The molecule has 1 saturated carbocycles. The molecule has 0 spiro atoms. The molecule has 2 amide bonds. The number of nitrogens with zero attached hydrogens (tertiary/aromatic N) is 1. The molecule has 3 aliphatic rings. The van der Waals surface area contributed by atoms with Gasteiger partial charge in [0, 0.05) is 13.1 Å². The maximum atomic E-state index is 12.5. The zero-order chi connectivity index (χ0) is 20.4. The number of fused-ring (bicyclic) bond motifs is 3. The third-order valence-electron chi connectivity index (χ3n) is 6.30. The lowest BCUT2D eigenvalue weighted by Crippen LogP contribution is -2.44. The first-order valence-electron chi connectivity index (χ1n) is 10.7. The van der Waals surface area contributed by atoms with Gasteiger partial charge in [0.1, 0.15) is 6.04 Å². The van der Waals surface area contributed by atoms with Crippen molar-refractivity contribution in [2.24, 2.45) is 5.92 Å². The first-order valence-corrected chi connectivity index (χ1v) is 10.7. The quantitative estimate of drug-likeness (QED) is 0.744. The Morgan fingerprint density at radius 1 is 1.21 bits per heavy atom. The van der Waals surface area contributed by atoms with Crippen LogP contribution in [0.2, 0.25) is 0 Å². The Morgan fingerprint density at radius 2 is 2.00 bits per heavy atom. The third kappa shape index (κ3) is 4.23. The first kappa shape index (κ1) is 19.7. The van der Waals surface area contributed by atoms with Crippen molar-refractivity contribution in [2.45, 2.75) is 64.0 Å². The molecule has 0 bridgehead atoms. The molecule has 29 heavy (non-hydrogen) atoms. The molecule has 2 heterocycles. The van der Waals surface area contributed by atoms with Gasteiger partial charge in [-0.1, -0.05) is 19.3 Å². The second-order valence-corrected chi connectivity index (χ2v) is 8.37. The summed E-state index contributed by atoms with van der Waals surface area (Å²) in [5.74, 6) is -0.341. The molecule has 7 heteroatoms. The summed E-state index contributed by atoms with van der Waals surface area (Å²) >= 11 is 0. The van der Waals surface area contributed by atoms with Crippen LogP contribution in [-0.4, -0.2) is 43.0 Å². The number of rotatable bonds is 5. The minimum absolute atomic E-state index is 0.0315. The van der Waals surface area contributed by atoms with Gasteiger partial charge in [0.15, 0.2) is 6.10 Å². The summed E-state index contributed by atoms with van der Waals surface area (Å²) in [6.07, 6.45) is 6.98. The van der Waals surface area contributed by atoms with Gasteiger partial charge in [-0.25, -0.2) is 4.79 Å². The van der Waals surface area contributed by atoms with Gasteiger partial charge in [-0.05, 0) is 56.7 Å². The van der Waals surface area contributed by atoms with Gasteiger partial charge in [-0.15, -0.1) is 0 Å². The first-order chi connectivity index (χ1) is 14.0. The Morgan fingerprint density at radius 3 is 2.79 bits per heavy atom. The monoisotopic (exact) mass is 399 g/mol. The van der Waals surface area contributed by atoms with Crippen LogP contribution in [0.25, 0.3) is 0 Å². The molecule has 156 valence electrons. The predicted molar refractivity (Wildman–Crippen MR) is 110 cm³/mol. The SMILES string of the molecule is C[C@@H](OC(=O)c1ccc2c(c1)NC(=O)[C@@H]1CCCN21)C(=O)NCC1CCCCC1. The van der Waals surface area contributed by atoms with Crippen LogP contribution in [0.4, 0.5) is 11.4 Å². The number of nitrogens with one attached hydrogen (secondary N) is 2. The smallest absolute Gasteiger partial charge is 0.338 e. The fraction of sp³-hybridized carbons (Fsp3) is 0.591. The molecule has 1 aliphatic carbocycles. The fourth-order valence-corrected chi connectivity index (χ4v) is 4.62. The molecular weight excluding hydrogens is 370 g/mol. The van der Waals surface area contributed by atoms with Gasteiger partial charge in [-0.3, -0.25) is 9.59 Å². The molecule has 7 nitrogen and oxygen atoms in total. The zero-order valence-corrected chi connectivity index (χ0v) is 16.9. The van der Waals surface area contributed by atoms with Crippen molar-refractivity contribution in [2.75, 3.05) is 23.3 Å². The van der Waals surface area contributed by atoms with E-state index in [-0.39, 0.29) is 17.9 Å². The van der Waals surface area contributed by atoms with E-state index < -0.39 is 12.1 Å². The number of benzene rings is 1. The molecule has 2 aliphatic heterocycles. The zero-order valence-electron chi connectivity index (χ0n) is 16.9. The maximum Gasteiger partial charge on any atom is 0.338 e. The van der Waals surface area contributed by atoms with Crippen LogP contribution in [0.3, 0.4) is 0 Å². The molecule has 2 N–H and O–H groups in total. The Labute approximate surface area is 171 Å². The van der Waals surface area contributed by atoms with Gasteiger partial charge >= 0.3 is 5.97 Å². The van der Waals surface area contributed by atoms with Crippen LogP contribution in [0, 0.1) is 5.92 Å². The Balaban J connectivity index is 1.35. The van der Waals surface area contributed by atoms with Gasteiger partial charge in [0.2, 0.25) is 5.91 Å². The van der Waals surface area contributed by atoms with Crippen LogP contribution in [-0.2, 0) is 14.3 Å². The number of carbonyl (C=O) groups excluding carboxylic acids is 3. The number of ether oxygens (including phenoxy) is 1. The molecule has 1 aromatic carbocycles. The van der Waals surface area contributed by atoms with E-state index in [1.54, 1.807) is 19.1 Å². The molecule has 0 aromatic heterocycles. The summed E-state index contributed by atoms with van der Waals surface area (Å²) in [5.41, 5.74) is 1.88. The van der Waals surface area contributed by atoms with Gasteiger partial charge in [0.25, 0.3) is 5.91 Å². The largest absolute Gasteiger partial charge is 0.449 e. The Kier molecular flexibility index (Phi) is 5.74. The average molecular weight is 399 g/mol. The molecule has 4 rings (SSSR count). The highest BCUT2D eigenvalue weighted by Gasteiger charge is 2.36. The number of hydrogen-bond donors (Lipinski definition) is 2. The fourth-order valence-electron chi connectivity index (χ4n) is 4.62. The van der Waals surface area contributed by atoms with Crippen molar-refractivity contribution in [1.82, 2.24) is 5.32 Å². The minimum atomic E-state index is -0.861. The number of amides is 2. The van der Waals surface area contributed by atoms with E-state index >= 15 is 0 Å². The summed E-state index contributed by atoms with van der Waals surface area (Å²) in [5, 5.41) is 5.80. The summed E-state index contributed by atoms with van der Waals surface area (Å²) < 4.78 is 5.37. The molecule has 2 atom stereocenters. The van der Waals surface area contributed by atoms with Crippen molar-refractivity contribution >= 4 is 29.2 Å². The average Bonchev–Trinajstić information content (AvgIpc) is 3.23. The molecule has 2 fully saturated rings. The predicted octanol–water partition coefficient (Wildman–Crippen LogP) is 2.85. The van der Waals surface area contributed by atoms with Crippen molar-refractivity contribution < 1.29 is 19.1 Å². The lowest BCUT2D eigenvalue weighted by atomic mass is 9.89. The van der Waals surface area contributed by atoms with E-state index in [0.717, 1.165) is 37.9 Å². The molecular formula is C22H29N3O4. The summed E-state index contributed by atoms with van der Waals surface area (Å²) in [4.78, 5) is 39.2. The van der Waals surface area contributed by atoms with Crippen LogP contribution in [0.1, 0.15) is 62.2 Å². The highest BCUT2D eigenvalue weighted by atomic mass is 16.5. The van der Waals surface area contributed by atoms with Gasteiger partial charge < -0.3 is 20.3 Å². The van der Waals surface area contributed by atoms with Crippen molar-refractivity contribution in [1.29, 1.82) is 0 Å². The number of hydrogen-bond acceptors (Lipinski definition) is 5. The van der Waals surface area contributed by atoms with E-state index in [1.807, 2.05) is 6.07 Å². The summed E-state index contributed by atoms with van der Waals surface area (Å²) in [6.45, 7) is 3.07. The normalized spacial score (nSPS) is 22.3. The lowest BCUT2D eigenvalue weighted by molar-refractivity contribution is -0.129. The van der Waals surface area contributed by atoms with E-state index in [2.05, 4.69) is 15.5 Å². The van der Waals surface area contributed by atoms with Crippen molar-refractivity contribution in [3.63, 3.8) is 0 Å².